The molecule has 0 radical (unpaired) electrons. The van der Waals surface area contributed by atoms with Crippen molar-refractivity contribution >= 4 is 17.7 Å². The van der Waals surface area contributed by atoms with Crippen molar-refractivity contribution in [1.29, 1.82) is 0 Å². The van der Waals surface area contributed by atoms with E-state index in [1.807, 2.05) is 57.2 Å². The van der Waals surface area contributed by atoms with E-state index in [4.69, 9.17) is 0 Å². The molecule has 3 N–H and O–H groups in total. The summed E-state index contributed by atoms with van der Waals surface area (Å²) in [5.74, 6) is 0.211. The number of amides is 3. The fourth-order valence-corrected chi connectivity index (χ4v) is 5.37. The van der Waals surface area contributed by atoms with E-state index in [-0.39, 0.29) is 26.6 Å². The Hall–Kier alpha value is -3.19. The number of nitrogens with one attached hydrogen (secondary N) is 3. The van der Waals surface area contributed by atoms with Crippen LogP contribution in [0.5, 0.6) is 0 Å². The Morgan fingerprint density at radius 1 is 0.927 bits per heavy atom. The molecule has 4 rings (SSSR count). The van der Waals surface area contributed by atoms with Gasteiger partial charge < -0.3 is 20.9 Å². The van der Waals surface area contributed by atoms with Gasteiger partial charge in [-0.15, -0.1) is 0 Å². The predicted molar refractivity (Wildman–Crippen MR) is 169 cm³/mol. The summed E-state index contributed by atoms with van der Waals surface area (Å²) in [7, 11) is 1.71. The Bertz CT molecular complexity index is 1210. The van der Waals surface area contributed by atoms with Gasteiger partial charge in [0.05, 0.1) is 12.1 Å². The second kappa shape index (κ2) is 14.1. The number of carbonyl (C=O) groups is 3. The number of aryl methyl sites for hydroxylation is 1. The molecule has 0 bridgehead atoms. The number of carbonyl (C=O) groups excluding carboxylic acids is 3. The fraction of sp³-hybridized carbons (Fsp3) is 0.559. The van der Waals surface area contributed by atoms with Gasteiger partial charge in [0, 0.05) is 15.8 Å². The maximum absolute atomic E-state index is 14.1. The van der Waals surface area contributed by atoms with Crippen LogP contribution in [0.1, 0.15) is 92.5 Å². The monoisotopic (exact) mass is 566 g/mol. The number of likely N-dealkylation sites (N-methyl/N-ethyl adjacent to an activating group) is 1. The van der Waals surface area contributed by atoms with E-state index in [0.717, 1.165) is 41.9 Å². The first-order valence-corrected chi connectivity index (χ1v) is 15.1. The zero-order valence-electron chi connectivity index (χ0n) is 26.2. The Balaban J connectivity index is 0.00000145. The number of rotatable bonds is 6. The molecule has 1 aliphatic carbocycles. The highest BCUT2D eigenvalue weighted by atomic mass is 16.2. The van der Waals surface area contributed by atoms with Crippen LogP contribution in [0.4, 0.5) is 0 Å². The van der Waals surface area contributed by atoms with E-state index < -0.39 is 23.5 Å². The fourth-order valence-electron chi connectivity index (χ4n) is 5.37. The third kappa shape index (κ3) is 8.41. The number of nitrogens with zero attached hydrogens (tertiary/aromatic N) is 1. The summed E-state index contributed by atoms with van der Waals surface area (Å²) in [5.41, 5.74) is 4.01. The summed E-state index contributed by atoms with van der Waals surface area (Å²) < 4.78 is 0. The quantitative estimate of drug-likeness (QED) is 0.435. The van der Waals surface area contributed by atoms with Crippen molar-refractivity contribution in [2.75, 3.05) is 7.05 Å². The number of benzene rings is 2. The van der Waals surface area contributed by atoms with Crippen molar-refractivity contribution in [3.05, 3.63) is 70.8 Å². The number of fused-ring (bicyclic) bond motifs is 2. The molecule has 0 aromatic heterocycles. The minimum atomic E-state index is -0.772. The van der Waals surface area contributed by atoms with Crippen LogP contribution in [-0.2, 0) is 33.8 Å². The SMILES string of the molecule is CC(C)C.CN[C@@H](C)C(=O)N[C@H](C(=O)N1Cc2ccccc2C[C@H]1C(=O)N[C@@H]1CCCc2ccccc21)C(C)(C)C.[HH].[HH]. The zero-order valence-corrected chi connectivity index (χ0v) is 26.2. The highest BCUT2D eigenvalue weighted by Gasteiger charge is 2.42. The van der Waals surface area contributed by atoms with Gasteiger partial charge in [0.15, 0.2) is 0 Å². The van der Waals surface area contributed by atoms with Gasteiger partial charge in [0.1, 0.15) is 12.1 Å². The molecule has 0 saturated carbocycles. The first-order valence-electron chi connectivity index (χ1n) is 15.1. The van der Waals surface area contributed by atoms with E-state index in [9.17, 15) is 14.4 Å². The highest BCUT2D eigenvalue weighted by Crippen LogP contribution is 2.32. The van der Waals surface area contributed by atoms with Crippen LogP contribution in [0.2, 0.25) is 0 Å². The van der Waals surface area contributed by atoms with Crippen LogP contribution in [0.15, 0.2) is 48.5 Å². The molecule has 0 fully saturated rings. The standard InChI is InChI=1S/C30H40N4O3.C4H10.2H2/c1-19(31-5)27(35)33-26(30(2,3)4)29(37)34-18-22-13-7-6-12-21(22)17-25(34)28(36)32-24-16-10-14-20-11-8-9-15-23(20)24;1-4(2)3;;/h6-9,11-13,15,19,24-26,31H,10,14,16-18H2,1-5H3,(H,32,36)(H,33,35);4H,1-3H3;2*1H/t19-,24+,25-,26+;;;/m0.../s1. The molecule has 2 aromatic carbocycles. The van der Waals surface area contributed by atoms with Gasteiger partial charge in [0.25, 0.3) is 0 Å². The zero-order chi connectivity index (χ0) is 30.3. The first-order chi connectivity index (χ1) is 19.3. The van der Waals surface area contributed by atoms with Crippen molar-refractivity contribution in [2.45, 2.75) is 105 Å². The molecule has 3 amide bonds. The van der Waals surface area contributed by atoms with Crippen LogP contribution < -0.4 is 16.0 Å². The van der Waals surface area contributed by atoms with Gasteiger partial charge in [0.2, 0.25) is 17.7 Å². The summed E-state index contributed by atoms with van der Waals surface area (Å²) in [6.07, 6.45) is 3.35. The largest absolute Gasteiger partial charge is 0.347 e. The topological polar surface area (TPSA) is 90.5 Å². The van der Waals surface area contributed by atoms with Gasteiger partial charge in [-0.05, 0) is 66.8 Å². The summed E-state index contributed by atoms with van der Waals surface area (Å²) >= 11 is 0. The van der Waals surface area contributed by atoms with E-state index in [1.54, 1.807) is 18.9 Å². The van der Waals surface area contributed by atoms with Gasteiger partial charge in [-0.25, -0.2) is 0 Å². The lowest BCUT2D eigenvalue weighted by Gasteiger charge is -2.41. The van der Waals surface area contributed by atoms with Gasteiger partial charge in [-0.3, -0.25) is 14.4 Å². The highest BCUT2D eigenvalue weighted by molar-refractivity contribution is 5.94. The second-order valence-electron chi connectivity index (χ2n) is 13.2. The molecule has 0 spiro atoms. The summed E-state index contributed by atoms with van der Waals surface area (Å²) in [6, 6.07) is 14.3. The van der Waals surface area contributed by atoms with E-state index in [2.05, 4.69) is 48.9 Å². The number of hydrogen-bond acceptors (Lipinski definition) is 4. The molecule has 228 valence electrons. The lowest BCUT2D eigenvalue weighted by Crippen LogP contribution is -2.62. The Kier molecular flexibility index (Phi) is 11.1. The van der Waals surface area contributed by atoms with Gasteiger partial charge in [-0.2, -0.15) is 0 Å². The van der Waals surface area contributed by atoms with Crippen LogP contribution in [0.3, 0.4) is 0 Å². The molecule has 4 atom stereocenters. The third-order valence-corrected chi connectivity index (χ3v) is 7.75. The lowest BCUT2D eigenvalue weighted by molar-refractivity contribution is -0.147. The lowest BCUT2D eigenvalue weighted by atomic mass is 9.83. The molecular formula is C34H54N4O3. The number of hydrogen-bond donors (Lipinski definition) is 3. The first kappa shape index (κ1) is 32.3. The van der Waals surface area contributed by atoms with E-state index in [0.29, 0.717) is 13.0 Å². The molecule has 41 heavy (non-hydrogen) atoms. The molecular weight excluding hydrogens is 512 g/mol. The molecule has 0 saturated heterocycles. The van der Waals surface area contributed by atoms with Crippen molar-refractivity contribution in [1.82, 2.24) is 20.9 Å². The van der Waals surface area contributed by atoms with Crippen LogP contribution in [0.25, 0.3) is 0 Å². The smallest absolute Gasteiger partial charge is 0.246 e. The van der Waals surface area contributed by atoms with Crippen LogP contribution >= 0.6 is 0 Å². The minimum Gasteiger partial charge on any atom is -0.347 e. The van der Waals surface area contributed by atoms with Crippen molar-refractivity contribution in [3.8, 4) is 0 Å². The summed E-state index contributed by atoms with van der Waals surface area (Å²) in [6.45, 7) is 14.4. The summed E-state index contributed by atoms with van der Waals surface area (Å²) in [5, 5.41) is 9.17. The maximum Gasteiger partial charge on any atom is 0.246 e. The second-order valence-corrected chi connectivity index (χ2v) is 13.2. The van der Waals surface area contributed by atoms with Crippen molar-refractivity contribution in [2.24, 2.45) is 11.3 Å². The molecule has 0 unspecified atom stereocenters. The average Bonchev–Trinajstić information content (AvgIpc) is 2.93. The van der Waals surface area contributed by atoms with Crippen LogP contribution in [0, 0.1) is 11.3 Å². The van der Waals surface area contributed by atoms with Gasteiger partial charge >= 0.3 is 0 Å². The molecule has 7 heteroatoms. The predicted octanol–water partition coefficient (Wildman–Crippen LogP) is 5.43. The van der Waals surface area contributed by atoms with Crippen LogP contribution in [-0.4, -0.2) is 47.8 Å². The molecule has 1 aliphatic heterocycles. The molecule has 2 aromatic rings. The molecule has 1 heterocycles. The molecule has 2 aliphatic rings. The average molecular weight is 567 g/mol. The molecule has 7 nitrogen and oxygen atoms in total. The minimum absolute atomic E-state index is 0. The maximum atomic E-state index is 14.1. The van der Waals surface area contributed by atoms with E-state index >= 15 is 0 Å². The Morgan fingerprint density at radius 3 is 2.12 bits per heavy atom. The third-order valence-electron chi connectivity index (χ3n) is 7.75. The normalized spacial score (nSPS) is 19.6. The van der Waals surface area contributed by atoms with E-state index in [1.165, 1.54) is 5.56 Å². The van der Waals surface area contributed by atoms with Gasteiger partial charge in [-0.1, -0.05) is 90.1 Å². The van der Waals surface area contributed by atoms with Crippen molar-refractivity contribution < 1.29 is 17.2 Å². The van der Waals surface area contributed by atoms with Crippen molar-refractivity contribution in [3.63, 3.8) is 0 Å². The Morgan fingerprint density at radius 2 is 1.51 bits per heavy atom. The summed E-state index contributed by atoms with van der Waals surface area (Å²) in [4.78, 5) is 42.4. The Labute approximate surface area is 249 Å².